The van der Waals surface area contributed by atoms with Crippen LogP contribution in [-0.4, -0.2) is 33.7 Å². The van der Waals surface area contributed by atoms with Gasteiger partial charge in [0.25, 0.3) is 5.91 Å². The minimum absolute atomic E-state index is 0.0239. The number of amides is 1. The molecule has 0 spiro atoms. The lowest BCUT2D eigenvalue weighted by atomic mass is 10.2. The van der Waals surface area contributed by atoms with Gasteiger partial charge in [0.1, 0.15) is 12.3 Å². The van der Waals surface area contributed by atoms with Crippen molar-refractivity contribution in [2.24, 2.45) is 0 Å². The summed E-state index contributed by atoms with van der Waals surface area (Å²) in [4.78, 5) is 12.0. The first-order valence-corrected chi connectivity index (χ1v) is 9.03. The van der Waals surface area contributed by atoms with Crippen LogP contribution >= 0.6 is 0 Å². The Kier molecular flexibility index (Phi) is 4.06. The fraction of sp³-hybridized carbons (Fsp3) is 0.917. The van der Waals surface area contributed by atoms with Gasteiger partial charge in [-0.15, -0.1) is 0 Å². The molecule has 5 heteroatoms. The quantitative estimate of drug-likeness (QED) is 0.608. The molecule has 0 aromatic heterocycles. The van der Waals surface area contributed by atoms with Gasteiger partial charge in [-0.05, 0) is 31.0 Å². The number of rotatable bonds is 5. The lowest BCUT2D eigenvalue weighted by Crippen LogP contribution is -2.50. The molecule has 0 radical (unpaired) electrons. The van der Waals surface area contributed by atoms with E-state index in [-0.39, 0.29) is 17.7 Å². The van der Waals surface area contributed by atoms with Crippen LogP contribution in [0, 0.1) is 0 Å². The highest BCUT2D eigenvalue weighted by molar-refractivity contribution is 6.74. The summed E-state index contributed by atoms with van der Waals surface area (Å²) in [6, 6.07) is 0. The monoisotopic (exact) mass is 259 g/mol. The average molecular weight is 259 g/mol. The van der Waals surface area contributed by atoms with Crippen molar-refractivity contribution in [3.8, 4) is 0 Å². The summed E-state index contributed by atoms with van der Waals surface area (Å²) in [5.41, 5.74) is -0.568. The van der Waals surface area contributed by atoms with E-state index in [1.54, 1.807) is 7.11 Å². The summed E-state index contributed by atoms with van der Waals surface area (Å²) in [7, 11) is -0.317. The first kappa shape index (κ1) is 14.7. The standard InChI is InChI=1S/C12H25NO3Si/c1-11(2,3)17(5,6)16-12(7-8-12)10(14)13-9-15-4/h7-9H2,1-6H3,(H,13,14). The van der Waals surface area contributed by atoms with Crippen molar-refractivity contribution in [1.29, 1.82) is 0 Å². The van der Waals surface area contributed by atoms with Gasteiger partial charge < -0.3 is 14.5 Å². The van der Waals surface area contributed by atoms with Crippen LogP contribution in [0.3, 0.4) is 0 Å². The molecule has 0 heterocycles. The average Bonchev–Trinajstić information content (AvgIpc) is 2.92. The maximum Gasteiger partial charge on any atom is 0.252 e. The van der Waals surface area contributed by atoms with Gasteiger partial charge in [0.2, 0.25) is 0 Å². The number of methoxy groups -OCH3 is 1. The van der Waals surface area contributed by atoms with Gasteiger partial charge in [-0.25, -0.2) is 0 Å². The number of ether oxygens (including phenoxy) is 1. The molecular formula is C12H25NO3Si. The Morgan fingerprint density at radius 1 is 1.35 bits per heavy atom. The summed E-state index contributed by atoms with van der Waals surface area (Å²) in [6.45, 7) is 11.2. The van der Waals surface area contributed by atoms with E-state index >= 15 is 0 Å². The zero-order chi connectivity index (χ0) is 13.3. The molecule has 0 saturated heterocycles. The molecule has 0 aromatic rings. The zero-order valence-electron chi connectivity index (χ0n) is 11.8. The lowest BCUT2D eigenvalue weighted by molar-refractivity contribution is -0.132. The summed E-state index contributed by atoms with van der Waals surface area (Å²) in [6.07, 6.45) is 1.66. The van der Waals surface area contributed by atoms with E-state index in [9.17, 15) is 4.79 Å². The maximum atomic E-state index is 12.0. The van der Waals surface area contributed by atoms with Gasteiger partial charge in [-0.2, -0.15) is 0 Å². The van der Waals surface area contributed by atoms with Crippen molar-refractivity contribution in [3.05, 3.63) is 0 Å². The Bertz CT molecular complexity index is 293. The van der Waals surface area contributed by atoms with Crippen LogP contribution in [-0.2, 0) is 14.0 Å². The number of nitrogens with one attached hydrogen (secondary N) is 1. The molecular weight excluding hydrogens is 234 g/mol. The third kappa shape index (κ3) is 3.30. The fourth-order valence-electron chi connectivity index (χ4n) is 1.43. The van der Waals surface area contributed by atoms with E-state index in [1.807, 2.05) is 0 Å². The maximum absolute atomic E-state index is 12.0. The number of hydrogen-bond donors (Lipinski definition) is 1. The predicted octanol–water partition coefficient (Wildman–Crippen LogP) is 2.26. The van der Waals surface area contributed by atoms with Gasteiger partial charge in [-0.1, -0.05) is 20.8 Å². The summed E-state index contributed by atoms with van der Waals surface area (Å²) < 4.78 is 11.1. The molecule has 1 fully saturated rings. The number of carbonyl (C=O) groups excluding carboxylic acids is 1. The molecule has 1 saturated carbocycles. The molecule has 0 aromatic carbocycles. The van der Waals surface area contributed by atoms with Crippen molar-refractivity contribution in [1.82, 2.24) is 5.32 Å². The first-order valence-electron chi connectivity index (χ1n) is 6.12. The van der Waals surface area contributed by atoms with E-state index in [0.717, 1.165) is 12.8 Å². The summed E-state index contributed by atoms with van der Waals surface area (Å²) >= 11 is 0. The topological polar surface area (TPSA) is 47.6 Å². The van der Waals surface area contributed by atoms with Gasteiger partial charge in [-0.3, -0.25) is 4.79 Å². The highest BCUT2D eigenvalue weighted by Gasteiger charge is 2.56. The zero-order valence-corrected chi connectivity index (χ0v) is 12.8. The molecule has 1 aliphatic carbocycles. The Morgan fingerprint density at radius 2 is 1.88 bits per heavy atom. The molecule has 1 amide bonds. The Morgan fingerprint density at radius 3 is 2.24 bits per heavy atom. The highest BCUT2D eigenvalue weighted by atomic mass is 28.4. The molecule has 0 aliphatic heterocycles. The van der Waals surface area contributed by atoms with Crippen LogP contribution in [0.2, 0.25) is 18.1 Å². The normalized spacial score (nSPS) is 18.9. The van der Waals surface area contributed by atoms with Gasteiger partial charge in [0, 0.05) is 7.11 Å². The molecule has 1 N–H and O–H groups in total. The van der Waals surface area contributed by atoms with E-state index in [1.165, 1.54) is 0 Å². The van der Waals surface area contributed by atoms with Crippen LogP contribution < -0.4 is 5.32 Å². The van der Waals surface area contributed by atoms with Crippen molar-refractivity contribution >= 4 is 14.2 Å². The second-order valence-electron chi connectivity index (χ2n) is 6.30. The fourth-order valence-corrected chi connectivity index (χ4v) is 3.01. The SMILES string of the molecule is COCNC(=O)C1(O[Si](C)(C)C(C)(C)C)CC1. The minimum Gasteiger partial charge on any atom is -0.403 e. The Hall–Kier alpha value is -0.393. The second kappa shape index (κ2) is 4.70. The Labute approximate surface area is 105 Å². The minimum atomic E-state index is -1.88. The van der Waals surface area contributed by atoms with Crippen LogP contribution in [0.4, 0.5) is 0 Å². The third-order valence-electron chi connectivity index (χ3n) is 3.75. The molecule has 1 rings (SSSR count). The van der Waals surface area contributed by atoms with E-state index in [2.05, 4.69) is 39.2 Å². The number of hydrogen-bond acceptors (Lipinski definition) is 3. The van der Waals surface area contributed by atoms with Gasteiger partial charge >= 0.3 is 0 Å². The molecule has 1 aliphatic rings. The van der Waals surface area contributed by atoms with E-state index in [4.69, 9.17) is 9.16 Å². The molecule has 17 heavy (non-hydrogen) atoms. The van der Waals surface area contributed by atoms with Crippen LogP contribution in [0.15, 0.2) is 0 Å². The van der Waals surface area contributed by atoms with Crippen molar-refractivity contribution in [2.75, 3.05) is 13.8 Å². The largest absolute Gasteiger partial charge is 0.403 e. The Balaban J connectivity index is 2.65. The van der Waals surface area contributed by atoms with Crippen molar-refractivity contribution in [2.45, 2.75) is 57.3 Å². The van der Waals surface area contributed by atoms with Crippen LogP contribution in [0.25, 0.3) is 0 Å². The highest BCUT2D eigenvalue weighted by Crippen LogP contribution is 2.47. The molecule has 0 unspecified atom stereocenters. The number of carbonyl (C=O) groups is 1. The lowest BCUT2D eigenvalue weighted by Gasteiger charge is -2.39. The molecule has 4 nitrogen and oxygen atoms in total. The van der Waals surface area contributed by atoms with E-state index in [0.29, 0.717) is 0 Å². The molecule has 0 atom stereocenters. The second-order valence-corrected chi connectivity index (χ2v) is 11.0. The van der Waals surface area contributed by atoms with Crippen molar-refractivity contribution in [3.63, 3.8) is 0 Å². The van der Waals surface area contributed by atoms with Crippen LogP contribution in [0.1, 0.15) is 33.6 Å². The molecule has 0 bridgehead atoms. The molecule has 100 valence electrons. The first-order chi connectivity index (χ1) is 7.65. The van der Waals surface area contributed by atoms with Crippen molar-refractivity contribution < 1.29 is 14.0 Å². The summed E-state index contributed by atoms with van der Waals surface area (Å²) in [5.74, 6) is -0.0239. The van der Waals surface area contributed by atoms with Gasteiger partial charge in [0.05, 0.1) is 0 Å². The summed E-state index contributed by atoms with van der Waals surface area (Å²) in [5, 5.41) is 2.87. The van der Waals surface area contributed by atoms with Crippen LogP contribution in [0.5, 0.6) is 0 Å². The third-order valence-corrected chi connectivity index (χ3v) is 8.27. The van der Waals surface area contributed by atoms with E-state index < -0.39 is 13.9 Å². The smallest absolute Gasteiger partial charge is 0.252 e. The predicted molar refractivity (Wildman–Crippen MR) is 70.3 cm³/mol. The van der Waals surface area contributed by atoms with Gasteiger partial charge in [0.15, 0.2) is 8.32 Å².